The van der Waals surface area contributed by atoms with Crippen molar-refractivity contribution < 1.29 is 5.11 Å². The van der Waals surface area contributed by atoms with E-state index in [9.17, 15) is 5.11 Å². The van der Waals surface area contributed by atoms with Crippen molar-refractivity contribution in [1.29, 1.82) is 0 Å². The fraction of sp³-hybridized carbons (Fsp3) is 0.667. The number of hydrogen-bond acceptors (Lipinski definition) is 1. The van der Waals surface area contributed by atoms with Crippen molar-refractivity contribution in [2.24, 2.45) is 17.3 Å². The van der Waals surface area contributed by atoms with E-state index in [1.165, 1.54) is 30.4 Å². The first kappa shape index (κ1) is 14.6. The second-order valence-corrected chi connectivity index (χ2v) is 7.25. The van der Waals surface area contributed by atoms with E-state index in [0.29, 0.717) is 11.8 Å². The highest BCUT2D eigenvalue weighted by atomic mass is 16.3. The molecule has 0 amide bonds. The lowest BCUT2D eigenvalue weighted by atomic mass is 9.61. The predicted octanol–water partition coefficient (Wildman–Crippen LogP) is 4.80. The van der Waals surface area contributed by atoms with Crippen molar-refractivity contribution in [2.45, 2.75) is 60.0 Å². The number of benzene rings is 1. The minimum atomic E-state index is -0.330. The molecule has 1 N–H and O–H groups in total. The van der Waals surface area contributed by atoms with Crippen LogP contribution in [0.5, 0.6) is 0 Å². The summed E-state index contributed by atoms with van der Waals surface area (Å²) in [6, 6.07) is 6.47. The Labute approximate surface area is 118 Å². The number of aryl methyl sites for hydroxylation is 2. The van der Waals surface area contributed by atoms with Crippen LogP contribution in [0.15, 0.2) is 18.2 Å². The molecular formula is C18H28O. The Hall–Kier alpha value is -0.820. The summed E-state index contributed by atoms with van der Waals surface area (Å²) in [7, 11) is 0. The van der Waals surface area contributed by atoms with Crippen LogP contribution in [0, 0.1) is 31.1 Å². The standard InChI is InChI=1S/C18H28O/c1-12-9-13(2)11-15(10-12)17(19)16-14(3)7-6-8-18(16,4)5/h9-11,14,16-17,19H,6-8H2,1-5H3/t14-,16-,17-/m0/s1. The summed E-state index contributed by atoms with van der Waals surface area (Å²) in [5, 5.41) is 10.9. The molecule has 1 fully saturated rings. The third-order valence-electron chi connectivity index (χ3n) is 4.92. The molecular weight excluding hydrogens is 232 g/mol. The Balaban J connectivity index is 2.33. The maximum atomic E-state index is 10.9. The number of aliphatic hydroxyl groups is 1. The molecule has 2 rings (SSSR count). The zero-order chi connectivity index (χ0) is 14.2. The molecule has 0 aliphatic heterocycles. The van der Waals surface area contributed by atoms with Crippen molar-refractivity contribution >= 4 is 0 Å². The van der Waals surface area contributed by atoms with E-state index in [1.807, 2.05) is 0 Å². The summed E-state index contributed by atoms with van der Waals surface area (Å²) in [6.07, 6.45) is 3.44. The van der Waals surface area contributed by atoms with Crippen LogP contribution in [0.2, 0.25) is 0 Å². The molecule has 1 aliphatic carbocycles. The molecule has 1 aromatic rings. The molecule has 0 aromatic heterocycles. The van der Waals surface area contributed by atoms with Gasteiger partial charge in [0.15, 0.2) is 0 Å². The molecule has 0 spiro atoms. The molecule has 0 saturated heterocycles. The van der Waals surface area contributed by atoms with E-state index in [-0.39, 0.29) is 11.5 Å². The van der Waals surface area contributed by atoms with Crippen LogP contribution in [-0.2, 0) is 0 Å². The molecule has 1 aromatic carbocycles. The largest absolute Gasteiger partial charge is 0.388 e. The molecule has 1 saturated carbocycles. The topological polar surface area (TPSA) is 20.2 Å². The summed E-state index contributed by atoms with van der Waals surface area (Å²) in [5.41, 5.74) is 3.82. The molecule has 0 radical (unpaired) electrons. The first-order valence-corrected chi connectivity index (χ1v) is 7.57. The highest BCUT2D eigenvalue weighted by Gasteiger charge is 2.41. The van der Waals surface area contributed by atoms with Gasteiger partial charge in [-0.15, -0.1) is 0 Å². The van der Waals surface area contributed by atoms with Gasteiger partial charge < -0.3 is 5.11 Å². The van der Waals surface area contributed by atoms with Gasteiger partial charge >= 0.3 is 0 Å². The van der Waals surface area contributed by atoms with Gasteiger partial charge in [0.05, 0.1) is 6.10 Å². The lowest BCUT2D eigenvalue weighted by Crippen LogP contribution is -2.38. The first-order chi connectivity index (χ1) is 8.81. The SMILES string of the molecule is Cc1cc(C)cc([C@H](O)[C@@H]2[C@@H](C)CCCC2(C)C)c1. The average molecular weight is 260 g/mol. The fourth-order valence-electron chi connectivity index (χ4n) is 4.12. The van der Waals surface area contributed by atoms with E-state index in [1.54, 1.807) is 0 Å². The van der Waals surface area contributed by atoms with Gasteiger partial charge in [0, 0.05) is 0 Å². The Morgan fingerprint density at radius 3 is 2.26 bits per heavy atom. The zero-order valence-electron chi connectivity index (χ0n) is 13.0. The van der Waals surface area contributed by atoms with Crippen LogP contribution in [-0.4, -0.2) is 5.11 Å². The van der Waals surface area contributed by atoms with Crippen molar-refractivity contribution in [3.8, 4) is 0 Å². The van der Waals surface area contributed by atoms with Gasteiger partial charge in [-0.05, 0) is 43.1 Å². The van der Waals surface area contributed by atoms with Crippen LogP contribution in [0.4, 0.5) is 0 Å². The van der Waals surface area contributed by atoms with Gasteiger partial charge in [0.2, 0.25) is 0 Å². The maximum Gasteiger partial charge on any atom is 0.0826 e. The van der Waals surface area contributed by atoms with Crippen molar-refractivity contribution in [2.75, 3.05) is 0 Å². The van der Waals surface area contributed by atoms with Crippen molar-refractivity contribution in [3.05, 3.63) is 34.9 Å². The monoisotopic (exact) mass is 260 g/mol. The highest BCUT2D eigenvalue weighted by molar-refractivity contribution is 5.30. The van der Waals surface area contributed by atoms with Crippen LogP contribution in [0.3, 0.4) is 0 Å². The fourth-order valence-corrected chi connectivity index (χ4v) is 4.12. The minimum absolute atomic E-state index is 0.231. The second kappa shape index (κ2) is 5.28. The highest BCUT2D eigenvalue weighted by Crippen LogP contribution is 2.49. The lowest BCUT2D eigenvalue weighted by Gasteiger charge is -2.45. The molecule has 1 aliphatic rings. The van der Waals surface area contributed by atoms with Crippen LogP contribution >= 0.6 is 0 Å². The van der Waals surface area contributed by atoms with Crippen LogP contribution < -0.4 is 0 Å². The smallest absolute Gasteiger partial charge is 0.0826 e. The Morgan fingerprint density at radius 1 is 1.16 bits per heavy atom. The summed E-state index contributed by atoms with van der Waals surface area (Å²) in [6.45, 7) is 11.2. The average Bonchev–Trinajstić information content (AvgIpc) is 2.25. The van der Waals surface area contributed by atoms with E-state index < -0.39 is 0 Å². The van der Waals surface area contributed by atoms with Gasteiger partial charge in [0.1, 0.15) is 0 Å². The minimum Gasteiger partial charge on any atom is -0.388 e. The maximum absolute atomic E-state index is 10.9. The van der Waals surface area contributed by atoms with Crippen LogP contribution in [0.1, 0.15) is 62.8 Å². The second-order valence-electron chi connectivity index (χ2n) is 7.25. The zero-order valence-corrected chi connectivity index (χ0v) is 13.0. The number of rotatable bonds is 2. The normalized spacial score (nSPS) is 28.1. The first-order valence-electron chi connectivity index (χ1n) is 7.57. The van der Waals surface area contributed by atoms with Crippen LogP contribution in [0.25, 0.3) is 0 Å². The molecule has 0 unspecified atom stereocenters. The predicted molar refractivity (Wildman–Crippen MR) is 81.2 cm³/mol. The summed E-state index contributed by atoms with van der Waals surface area (Å²) in [4.78, 5) is 0. The summed E-state index contributed by atoms with van der Waals surface area (Å²) >= 11 is 0. The molecule has 1 nitrogen and oxygen atoms in total. The van der Waals surface area contributed by atoms with E-state index in [0.717, 1.165) is 5.56 Å². The number of hydrogen-bond donors (Lipinski definition) is 1. The Kier molecular flexibility index (Phi) is 4.06. The molecule has 19 heavy (non-hydrogen) atoms. The van der Waals surface area contributed by atoms with Gasteiger partial charge in [-0.3, -0.25) is 0 Å². The van der Waals surface area contributed by atoms with Gasteiger partial charge in [0.25, 0.3) is 0 Å². The molecule has 0 bridgehead atoms. The van der Waals surface area contributed by atoms with Crippen molar-refractivity contribution in [3.63, 3.8) is 0 Å². The summed E-state index contributed by atoms with van der Waals surface area (Å²) in [5.74, 6) is 0.960. The lowest BCUT2D eigenvalue weighted by molar-refractivity contribution is -0.0293. The Bertz CT molecular complexity index is 427. The molecule has 106 valence electrons. The molecule has 3 atom stereocenters. The van der Waals surface area contributed by atoms with Gasteiger partial charge in [-0.2, -0.15) is 0 Å². The summed E-state index contributed by atoms with van der Waals surface area (Å²) < 4.78 is 0. The van der Waals surface area contributed by atoms with E-state index in [4.69, 9.17) is 0 Å². The van der Waals surface area contributed by atoms with Gasteiger partial charge in [-0.25, -0.2) is 0 Å². The third kappa shape index (κ3) is 3.02. The number of aliphatic hydroxyl groups excluding tert-OH is 1. The van der Waals surface area contributed by atoms with E-state index >= 15 is 0 Å². The van der Waals surface area contributed by atoms with Crippen molar-refractivity contribution in [1.82, 2.24) is 0 Å². The molecule has 0 heterocycles. The third-order valence-corrected chi connectivity index (χ3v) is 4.92. The molecule has 1 heteroatoms. The van der Waals surface area contributed by atoms with Gasteiger partial charge in [-0.1, -0.05) is 62.9 Å². The quantitative estimate of drug-likeness (QED) is 0.810. The Morgan fingerprint density at radius 2 is 1.74 bits per heavy atom. The van der Waals surface area contributed by atoms with E-state index in [2.05, 4.69) is 52.8 Å².